The highest BCUT2D eigenvalue weighted by molar-refractivity contribution is 9.10. The van der Waals surface area contributed by atoms with E-state index in [4.69, 9.17) is 11.0 Å². The molecule has 7 heteroatoms. The van der Waals surface area contributed by atoms with Crippen LogP contribution >= 0.6 is 27.7 Å². The molecule has 1 aromatic carbocycles. The number of rotatable bonds is 2. The molecule has 0 bridgehead atoms. The number of H-pyrrole nitrogens is 1. The summed E-state index contributed by atoms with van der Waals surface area (Å²) in [5.41, 5.74) is 5.71. The van der Waals surface area contributed by atoms with Crippen LogP contribution in [0.3, 0.4) is 0 Å². The van der Waals surface area contributed by atoms with Gasteiger partial charge < -0.3 is 10.7 Å². The van der Waals surface area contributed by atoms with Gasteiger partial charge in [-0.3, -0.25) is 4.79 Å². The van der Waals surface area contributed by atoms with E-state index >= 15 is 0 Å². The van der Waals surface area contributed by atoms with Gasteiger partial charge in [0.2, 0.25) is 0 Å². The summed E-state index contributed by atoms with van der Waals surface area (Å²) in [6.07, 6.45) is 0. The molecule has 1 aromatic heterocycles. The Morgan fingerprint density at radius 3 is 2.83 bits per heavy atom. The summed E-state index contributed by atoms with van der Waals surface area (Å²) in [5, 5.41) is 9.26. The van der Waals surface area contributed by atoms with Gasteiger partial charge >= 0.3 is 0 Å². The van der Waals surface area contributed by atoms with E-state index in [1.54, 1.807) is 12.1 Å². The van der Waals surface area contributed by atoms with Gasteiger partial charge in [-0.05, 0) is 18.2 Å². The lowest BCUT2D eigenvalue weighted by Crippen LogP contribution is -2.09. The minimum absolute atomic E-state index is 0.164. The predicted molar refractivity (Wildman–Crippen MR) is 72.3 cm³/mol. The summed E-state index contributed by atoms with van der Waals surface area (Å²) < 4.78 is 0.787. The van der Waals surface area contributed by atoms with E-state index < -0.39 is 0 Å². The molecule has 0 unspecified atom stereocenters. The third-order valence-electron chi connectivity index (χ3n) is 1.95. The van der Waals surface area contributed by atoms with Crippen molar-refractivity contribution in [1.29, 1.82) is 5.26 Å². The summed E-state index contributed by atoms with van der Waals surface area (Å²) in [6.45, 7) is 0. The number of nitriles is 1. The standard InChI is InChI=1S/C11H7BrN4OS/c12-7-1-6(5-13)2-8(3-7)18-11-15-9(14)4-10(17)16-11/h1-4H,(H3,14,15,16,17). The number of hydrogen-bond acceptors (Lipinski definition) is 5. The van der Waals surface area contributed by atoms with Gasteiger partial charge in [0.05, 0.1) is 11.6 Å². The van der Waals surface area contributed by atoms with E-state index in [1.165, 1.54) is 17.8 Å². The maximum atomic E-state index is 11.2. The van der Waals surface area contributed by atoms with E-state index in [1.807, 2.05) is 6.07 Å². The monoisotopic (exact) mass is 322 g/mol. The van der Waals surface area contributed by atoms with Gasteiger partial charge in [-0.15, -0.1) is 0 Å². The lowest BCUT2D eigenvalue weighted by Gasteiger charge is -2.03. The van der Waals surface area contributed by atoms with Gasteiger partial charge in [0, 0.05) is 15.4 Å². The minimum atomic E-state index is -0.305. The van der Waals surface area contributed by atoms with E-state index in [2.05, 4.69) is 32.0 Å². The van der Waals surface area contributed by atoms with Crippen molar-refractivity contribution in [2.24, 2.45) is 0 Å². The predicted octanol–water partition coefficient (Wildman–Crippen LogP) is 2.14. The highest BCUT2D eigenvalue weighted by atomic mass is 79.9. The van der Waals surface area contributed by atoms with E-state index in [-0.39, 0.29) is 11.4 Å². The van der Waals surface area contributed by atoms with Gasteiger partial charge in [-0.1, -0.05) is 27.7 Å². The lowest BCUT2D eigenvalue weighted by molar-refractivity contribution is 0.945. The number of halogens is 1. The molecule has 1 heterocycles. The number of aromatic nitrogens is 2. The second kappa shape index (κ2) is 5.25. The molecule has 0 atom stereocenters. The Morgan fingerprint density at radius 2 is 2.17 bits per heavy atom. The van der Waals surface area contributed by atoms with Crippen LogP contribution < -0.4 is 11.3 Å². The zero-order chi connectivity index (χ0) is 13.1. The molecule has 0 aliphatic carbocycles. The van der Waals surface area contributed by atoms with Gasteiger partial charge in [0.1, 0.15) is 5.82 Å². The maximum absolute atomic E-state index is 11.2. The molecule has 0 aliphatic heterocycles. The average molecular weight is 323 g/mol. The van der Waals surface area contributed by atoms with Crippen LogP contribution in [-0.4, -0.2) is 9.97 Å². The fraction of sp³-hybridized carbons (Fsp3) is 0. The van der Waals surface area contributed by atoms with Crippen LogP contribution in [-0.2, 0) is 0 Å². The van der Waals surface area contributed by atoms with Gasteiger partial charge in [0.25, 0.3) is 5.56 Å². The highest BCUT2D eigenvalue weighted by Gasteiger charge is 2.04. The normalized spacial score (nSPS) is 10.0. The van der Waals surface area contributed by atoms with Crippen LogP contribution in [0.2, 0.25) is 0 Å². The van der Waals surface area contributed by atoms with Crippen molar-refractivity contribution in [3.8, 4) is 6.07 Å². The molecule has 3 N–H and O–H groups in total. The molecule has 5 nitrogen and oxygen atoms in total. The van der Waals surface area contributed by atoms with E-state index in [9.17, 15) is 4.79 Å². The van der Waals surface area contributed by atoms with Crippen LogP contribution in [0.5, 0.6) is 0 Å². The third kappa shape index (κ3) is 3.12. The first-order valence-electron chi connectivity index (χ1n) is 4.82. The molecule has 0 saturated carbocycles. The number of hydrogen-bond donors (Lipinski definition) is 2. The molecule has 2 rings (SSSR count). The Hall–Kier alpha value is -1.78. The number of nitrogens with two attached hydrogens (primary N) is 1. The number of benzene rings is 1. The fourth-order valence-electron chi connectivity index (χ4n) is 1.30. The second-order valence-electron chi connectivity index (χ2n) is 3.36. The summed E-state index contributed by atoms with van der Waals surface area (Å²) >= 11 is 4.55. The first kappa shape index (κ1) is 12.7. The Labute approximate surface area is 115 Å². The van der Waals surface area contributed by atoms with Gasteiger partial charge in [0.15, 0.2) is 5.16 Å². The Balaban J connectivity index is 2.37. The van der Waals surface area contributed by atoms with E-state index in [0.29, 0.717) is 10.7 Å². The molecule has 0 radical (unpaired) electrons. The molecule has 18 heavy (non-hydrogen) atoms. The molecular weight excluding hydrogens is 316 g/mol. The molecule has 90 valence electrons. The Kier molecular flexibility index (Phi) is 3.69. The van der Waals surface area contributed by atoms with Gasteiger partial charge in [-0.25, -0.2) is 4.98 Å². The van der Waals surface area contributed by atoms with Crippen molar-refractivity contribution in [2.45, 2.75) is 10.1 Å². The van der Waals surface area contributed by atoms with Crippen LogP contribution in [0.4, 0.5) is 5.82 Å². The number of nitrogens with one attached hydrogen (secondary N) is 1. The van der Waals surface area contributed by atoms with Crippen molar-refractivity contribution in [2.75, 3.05) is 5.73 Å². The molecule has 0 saturated heterocycles. The molecule has 2 aromatic rings. The van der Waals surface area contributed by atoms with Crippen molar-refractivity contribution >= 4 is 33.5 Å². The highest BCUT2D eigenvalue weighted by Crippen LogP contribution is 2.28. The van der Waals surface area contributed by atoms with Crippen LogP contribution in [0.15, 0.2) is 43.6 Å². The summed E-state index contributed by atoms with van der Waals surface area (Å²) in [6, 6.07) is 8.51. The Morgan fingerprint density at radius 1 is 1.39 bits per heavy atom. The zero-order valence-corrected chi connectivity index (χ0v) is 11.4. The lowest BCUT2D eigenvalue weighted by atomic mass is 10.2. The first-order valence-corrected chi connectivity index (χ1v) is 6.43. The maximum Gasteiger partial charge on any atom is 0.253 e. The molecule has 0 fully saturated rings. The number of aromatic amines is 1. The minimum Gasteiger partial charge on any atom is -0.383 e. The SMILES string of the molecule is N#Cc1cc(Br)cc(Sc2nc(N)cc(=O)[nH]2)c1. The molecule has 0 aliphatic rings. The average Bonchev–Trinajstić information content (AvgIpc) is 2.26. The topological polar surface area (TPSA) is 95.6 Å². The largest absolute Gasteiger partial charge is 0.383 e. The third-order valence-corrected chi connectivity index (χ3v) is 3.27. The molecular formula is C11H7BrN4OS. The number of nitrogens with zero attached hydrogens (tertiary/aromatic N) is 2. The van der Waals surface area contributed by atoms with Crippen molar-refractivity contribution in [3.63, 3.8) is 0 Å². The van der Waals surface area contributed by atoms with E-state index in [0.717, 1.165) is 9.37 Å². The van der Waals surface area contributed by atoms with Crippen LogP contribution in [0, 0.1) is 11.3 Å². The first-order chi connectivity index (χ1) is 8.56. The zero-order valence-electron chi connectivity index (χ0n) is 8.98. The van der Waals surface area contributed by atoms with Crippen molar-refractivity contribution in [1.82, 2.24) is 9.97 Å². The summed E-state index contributed by atoms with van der Waals surface area (Å²) in [7, 11) is 0. The van der Waals surface area contributed by atoms with Crippen molar-refractivity contribution < 1.29 is 0 Å². The van der Waals surface area contributed by atoms with Crippen LogP contribution in [0.25, 0.3) is 0 Å². The summed E-state index contributed by atoms with van der Waals surface area (Å²) in [4.78, 5) is 18.6. The smallest absolute Gasteiger partial charge is 0.253 e. The second-order valence-corrected chi connectivity index (χ2v) is 5.34. The van der Waals surface area contributed by atoms with Crippen molar-refractivity contribution in [3.05, 3.63) is 44.7 Å². The van der Waals surface area contributed by atoms with Gasteiger partial charge in [-0.2, -0.15) is 5.26 Å². The fourth-order valence-corrected chi connectivity index (χ4v) is 2.84. The quantitative estimate of drug-likeness (QED) is 0.826. The number of anilines is 1. The molecule has 0 spiro atoms. The number of nitrogen functional groups attached to an aromatic ring is 1. The Bertz CT molecular complexity index is 692. The summed E-state index contributed by atoms with van der Waals surface area (Å²) in [5.74, 6) is 0.164. The molecule has 0 amide bonds. The van der Waals surface area contributed by atoms with Crippen LogP contribution in [0.1, 0.15) is 5.56 Å².